The van der Waals surface area contributed by atoms with Gasteiger partial charge in [-0.2, -0.15) is 0 Å². The standard InChI is InChI=1S/C16H18O2/c1-16(2,3)15(17)12-9-11-7-5-6-8-13(11)14(10-12)18-4/h5-10H,1-4H3. The molecule has 94 valence electrons. The van der Waals surface area contributed by atoms with Crippen LogP contribution in [-0.4, -0.2) is 12.9 Å². The van der Waals surface area contributed by atoms with Gasteiger partial charge in [0.15, 0.2) is 5.78 Å². The lowest BCUT2D eigenvalue weighted by atomic mass is 9.86. The summed E-state index contributed by atoms with van der Waals surface area (Å²) >= 11 is 0. The lowest BCUT2D eigenvalue weighted by molar-refractivity contribution is 0.0858. The normalized spacial score (nSPS) is 11.6. The minimum atomic E-state index is -0.381. The number of methoxy groups -OCH3 is 1. The summed E-state index contributed by atoms with van der Waals surface area (Å²) < 4.78 is 5.38. The second-order valence-electron chi connectivity index (χ2n) is 5.48. The highest BCUT2D eigenvalue weighted by molar-refractivity contribution is 6.04. The molecule has 0 radical (unpaired) electrons. The van der Waals surface area contributed by atoms with Crippen molar-refractivity contribution in [3.8, 4) is 5.75 Å². The van der Waals surface area contributed by atoms with Crippen LogP contribution in [0, 0.1) is 5.41 Å². The van der Waals surface area contributed by atoms with Gasteiger partial charge in [-0.3, -0.25) is 4.79 Å². The second-order valence-corrected chi connectivity index (χ2v) is 5.48. The Labute approximate surface area is 108 Å². The van der Waals surface area contributed by atoms with Crippen LogP contribution in [-0.2, 0) is 0 Å². The molecule has 0 spiro atoms. The van der Waals surface area contributed by atoms with Gasteiger partial charge in [0, 0.05) is 16.4 Å². The number of hydrogen-bond donors (Lipinski definition) is 0. The van der Waals surface area contributed by atoms with Crippen LogP contribution in [0.1, 0.15) is 31.1 Å². The van der Waals surface area contributed by atoms with Crippen molar-refractivity contribution in [3.05, 3.63) is 42.0 Å². The van der Waals surface area contributed by atoms with Crippen LogP contribution in [0.3, 0.4) is 0 Å². The molecule has 0 aromatic heterocycles. The molecule has 2 rings (SSSR count). The summed E-state index contributed by atoms with van der Waals surface area (Å²) in [5.41, 5.74) is 0.325. The van der Waals surface area contributed by atoms with Gasteiger partial charge in [0.2, 0.25) is 0 Å². The van der Waals surface area contributed by atoms with Crippen LogP contribution in [0.15, 0.2) is 36.4 Å². The molecule has 0 aliphatic heterocycles. The van der Waals surface area contributed by atoms with E-state index in [1.54, 1.807) is 7.11 Å². The van der Waals surface area contributed by atoms with E-state index in [1.807, 2.05) is 57.2 Å². The molecule has 2 aromatic rings. The number of ether oxygens (including phenoxy) is 1. The number of Topliss-reactive ketones (excluding diaryl/α,β-unsaturated/α-hetero) is 1. The van der Waals surface area contributed by atoms with Crippen LogP contribution < -0.4 is 4.74 Å². The number of carbonyl (C=O) groups is 1. The maximum atomic E-state index is 12.3. The highest BCUT2D eigenvalue weighted by Gasteiger charge is 2.23. The first kappa shape index (κ1) is 12.6. The molecule has 0 atom stereocenters. The quantitative estimate of drug-likeness (QED) is 0.742. The van der Waals surface area contributed by atoms with Gasteiger partial charge in [0.25, 0.3) is 0 Å². The monoisotopic (exact) mass is 242 g/mol. The van der Waals surface area contributed by atoms with Crippen molar-refractivity contribution in [2.45, 2.75) is 20.8 Å². The maximum Gasteiger partial charge on any atom is 0.168 e. The molecular weight excluding hydrogens is 224 g/mol. The minimum absolute atomic E-state index is 0.131. The molecule has 0 N–H and O–H groups in total. The number of ketones is 1. The van der Waals surface area contributed by atoms with Gasteiger partial charge in [-0.25, -0.2) is 0 Å². The van der Waals surface area contributed by atoms with Gasteiger partial charge in [-0.15, -0.1) is 0 Å². The summed E-state index contributed by atoms with van der Waals surface area (Å²) in [6.07, 6.45) is 0. The molecule has 0 heterocycles. The number of fused-ring (bicyclic) bond motifs is 1. The molecule has 0 saturated carbocycles. The van der Waals surface area contributed by atoms with Crippen molar-refractivity contribution in [1.29, 1.82) is 0 Å². The topological polar surface area (TPSA) is 26.3 Å². The Morgan fingerprint density at radius 2 is 1.78 bits per heavy atom. The fourth-order valence-corrected chi connectivity index (χ4v) is 2.01. The largest absolute Gasteiger partial charge is 0.496 e. The van der Waals surface area contributed by atoms with Crippen LogP contribution in [0.5, 0.6) is 5.75 Å². The summed E-state index contributed by atoms with van der Waals surface area (Å²) in [5, 5.41) is 2.06. The third-order valence-electron chi connectivity index (χ3n) is 2.99. The van der Waals surface area contributed by atoms with E-state index in [-0.39, 0.29) is 11.2 Å². The van der Waals surface area contributed by atoms with E-state index in [1.165, 1.54) is 0 Å². The van der Waals surface area contributed by atoms with Gasteiger partial charge >= 0.3 is 0 Å². The Kier molecular flexibility index (Phi) is 3.12. The van der Waals surface area contributed by atoms with Crippen molar-refractivity contribution in [1.82, 2.24) is 0 Å². The van der Waals surface area contributed by atoms with Gasteiger partial charge in [-0.1, -0.05) is 45.0 Å². The lowest BCUT2D eigenvalue weighted by Crippen LogP contribution is -2.20. The third kappa shape index (κ3) is 2.23. The molecule has 0 saturated heterocycles. The molecule has 0 fully saturated rings. The molecular formula is C16H18O2. The highest BCUT2D eigenvalue weighted by atomic mass is 16.5. The van der Waals surface area contributed by atoms with E-state index in [2.05, 4.69) is 0 Å². The average Bonchev–Trinajstić information content (AvgIpc) is 2.35. The van der Waals surface area contributed by atoms with Crippen LogP contribution in [0.4, 0.5) is 0 Å². The molecule has 0 bridgehead atoms. The summed E-state index contributed by atoms with van der Waals surface area (Å²) in [4.78, 5) is 12.3. The van der Waals surface area contributed by atoms with Crippen molar-refractivity contribution in [3.63, 3.8) is 0 Å². The number of rotatable bonds is 2. The predicted molar refractivity (Wildman–Crippen MR) is 74.3 cm³/mol. The minimum Gasteiger partial charge on any atom is -0.496 e. The van der Waals surface area contributed by atoms with Crippen molar-refractivity contribution in [2.75, 3.05) is 7.11 Å². The highest BCUT2D eigenvalue weighted by Crippen LogP contribution is 2.30. The van der Waals surface area contributed by atoms with Gasteiger partial charge in [0.05, 0.1) is 7.11 Å². The number of benzene rings is 2. The van der Waals surface area contributed by atoms with Crippen LogP contribution in [0.25, 0.3) is 10.8 Å². The Morgan fingerprint density at radius 3 is 2.39 bits per heavy atom. The predicted octanol–water partition coefficient (Wildman–Crippen LogP) is 4.08. The fraction of sp³-hybridized carbons (Fsp3) is 0.312. The van der Waals surface area contributed by atoms with Crippen molar-refractivity contribution >= 4 is 16.6 Å². The number of carbonyl (C=O) groups excluding carboxylic acids is 1. The maximum absolute atomic E-state index is 12.3. The molecule has 2 heteroatoms. The molecule has 0 aliphatic carbocycles. The summed E-state index contributed by atoms with van der Waals surface area (Å²) in [6, 6.07) is 11.7. The second kappa shape index (κ2) is 4.45. The third-order valence-corrected chi connectivity index (χ3v) is 2.99. The van der Waals surface area contributed by atoms with E-state index < -0.39 is 0 Å². The lowest BCUT2D eigenvalue weighted by Gasteiger charge is -2.18. The Bertz CT molecular complexity index is 592. The Hall–Kier alpha value is -1.83. The van der Waals surface area contributed by atoms with Crippen LogP contribution >= 0.6 is 0 Å². The van der Waals surface area contributed by atoms with E-state index in [0.29, 0.717) is 5.56 Å². The molecule has 0 aliphatic rings. The van der Waals surface area contributed by atoms with Gasteiger partial charge < -0.3 is 4.74 Å². The van der Waals surface area contributed by atoms with E-state index in [4.69, 9.17) is 4.74 Å². The van der Waals surface area contributed by atoms with E-state index >= 15 is 0 Å². The zero-order valence-electron chi connectivity index (χ0n) is 11.3. The summed E-state index contributed by atoms with van der Waals surface area (Å²) in [5.74, 6) is 0.882. The van der Waals surface area contributed by atoms with Crippen molar-refractivity contribution in [2.24, 2.45) is 5.41 Å². The Balaban J connectivity index is 2.64. The van der Waals surface area contributed by atoms with Gasteiger partial charge in [-0.05, 0) is 17.5 Å². The smallest absolute Gasteiger partial charge is 0.168 e. The zero-order chi connectivity index (χ0) is 13.3. The first-order valence-corrected chi connectivity index (χ1v) is 6.05. The molecule has 2 aromatic carbocycles. The molecule has 0 unspecified atom stereocenters. The zero-order valence-corrected chi connectivity index (χ0v) is 11.3. The van der Waals surface area contributed by atoms with E-state index in [9.17, 15) is 4.79 Å². The summed E-state index contributed by atoms with van der Waals surface area (Å²) in [7, 11) is 1.63. The molecule has 18 heavy (non-hydrogen) atoms. The van der Waals surface area contributed by atoms with Crippen molar-refractivity contribution < 1.29 is 9.53 Å². The van der Waals surface area contributed by atoms with Crippen LogP contribution in [0.2, 0.25) is 0 Å². The first-order chi connectivity index (χ1) is 8.43. The first-order valence-electron chi connectivity index (χ1n) is 6.05. The van der Waals surface area contributed by atoms with Gasteiger partial charge in [0.1, 0.15) is 5.75 Å². The van der Waals surface area contributed by atoms with E-state index in [0.717, 1.165) is 16.5 Å². The molecule has 2 nitrogen and oxygen atoms in total. The Morgan fingerprint density at radius 1 is 1.11 bits per heavy atom. The SMILES string of the molecule is COc1cc(C(=O)C(C)(C)C)cc2ccccc12. The molecule has 0 amide bonds. The summed E-state index contributed by atoms with van der Waals surface area (Å²) in [6.45, 7) is 5.78. The number of hydrogen-bond acceptors (Lipinski definition) is 2. The fourth-order valence-electron chi connectivity index (χ4n) is 2.01. The average molecular weight is 242 g/mol.